The van der Waals surface area contributed by atoms with E-state index < -0.39 is 0 Å². The van der Waals surface area contributed by atoms with E-state index in [2.05, 4.69) is 23.2 Å². The van der Waals surface area contributed by atoms with Crippen LogP contribution < -0.4 is 5.32 Å². The van der Waals surface area contributed by atoms with Crippen LogP contribution in [0.25, 0.3) is 0 Å². The fourth-order valence-corrected chi connectivity index (χ4v) is 3.18. The Morgan fingerprint density at radius 2 is 2.19 bits per heavy atom. The molecule has 16 heavy (non-hydrogen) atoms. The molecule has 0 bridgehead atoms. The highest BCUT2D eigenvalue weighted by Crippen LogP contribution is 2.21. The number of nitrogens with one attached hydrogen (secondary N) is 1. The van der Waals surface area contributed by atoms with E-state index in [4.69, 9.17) is 11.6 Å². The Kier molecular flexibility index (Phi) is 4.65. The maximum Gasteiger partial charge on any atom is 0.0931 e. The van der Waals surface area contributed by atoms with Gasteiger partial charge in [0.2, 0.25) is 0 Å². The molecule has 0 unspecified atom stereocenters. The van der Waals surface area contributed by atoms with Crippen molar-refractivity contribution in [1.29, 1.82) is 0 Å². The second kappa shape index (κ2) is 6.01. The monoisotopic (exact) mass is 258 g/mol. The highest BCUT2D eigenvalue weighted by Gasteiger charge is 2.17. The van der Waals surface area contributed by atoms with Gasteiger partial charge in [-0.15, -0.1) is 11.3 Å². The van der Waals surface area contributed by atoms with Gasteiger partial charge in [0, 0.05) is 17.5 Å². The van der Waals surface area contributed by atoms with Crippen LogP contribution in [-0.2, 0) is 6.54 Å². The Morgan fingerprint density at radius 1 is 1.44 bits per heavy atom. The molecular weight excluding hydrogens is 240 g/mol. The fourth-order valence-electron chi connectivity index (χ4n) is 2.14. The average Bonchev–Trinajstić information content (AvgIpc) is 2.73. The lowest BCUT2D eigenvalue weighted by molar-refractivity contribution is 0.206. The first kappa shape index (κ1) is 12.4. The Labute approximate surface area is 107 Å². The SMILES string of the molecule is CCN1CCC(NCc2ccc(Cl)s2)CC1. The van der Waals surface area contributed by atoms with Gasteiger partial charge in [0.1, 0.15) is 0 Å². The van der Waals surface area contributed by atoms with Crippen LogP contribution in [0.5, 0.6) is 0 Å². The van der Waals surface area contributed by atoms with Crippen LogP contribution in [0.15, 0.2) is 12.1 Å². The van der Waals surface area contributed by atoms with Crippen LogP contribution in [-0.4, -0.2) is 30.6 Å². The maximum absolute atomic E-state index is 5.90. The molecule has 1 aliphatic heterocycles. The van der Waals surface area contributed by atoms with Gasteiger partial charge in [-0.05, 0) is 44.6 Å². The van der Waals surface area contributed by atoms with E-state index in [0.717, 1.165) is 10.9 Å². The standard InChI is InChI=1S/C12H19ClN2S/c1-2-15-7-5-10(6-8-15)14-9-11-3-4-12(13)16-11/h3-4,10,14H,2,5-9H2,1H3. The molecule has 0 aromatic carbocycles. The maximum atomic E-state index is 5.90. The second-order valence-electron chi connectivity index (χ2n) is 4.30. The van der Waals surface area contributed by atoms with Crippen LogP contribution in [0.3, 0.4) is 0 Å². The van der Waals surface area contributed by atoms with E-state index in [1.54, 1.807) is 11.3 Å². The van der Waals surface area contributed by atoms with Crippen molar-refractivity contribution in [2.75, 3.05) is 19.6 Å². The predicted molar refractivity (Wildman–Crippen MR) is 71.3 cm³/mol. The average molecular weight is 259 g/mol. The summed E-state index contributed by atoms with van der Waals surface area (Å²) in [5.74, 6) is 0. The number of hydrogen-bond acceptors (Lipinski definition) is 3. The first-order chi connectivity index (χ1) is 7.78. The van der Waals surface area contributed by atoms with E-state index in [9.17, 15) is 0 Å². The van der Waals surface area contributed by atoms with Crippen LogP contribution in [0, 0.1) is 0 Å². The quantitative estimate of drug-likeness (QED) is 0.893. The molecule has 90 valence electrons. The fraction of sp³-hybridized carbons (Fsp3) is 0.667. The summed E-state index contributed by atoms with van der Waals surface area (Å²) in [5, 5.41) is 3.62. The summed E-state index contributed by atoms with van der Waals surface area (Å²) in [6.07, 6.45) is 2.54. The molecule has 1 saturated heterocycles. The van der Waals surface area contributed by atoms with E-state index in [-0.39, 0.29) is 0 Å². The summed E-state index contributed by atoms with van der Waals surface area (Å²) < 4.78 is 0.887. The smallest absolute Gasteiger partial charge is 0.0931 e. The van der Waals surface area contributed by atoms with Crippen molar-refractivity contribution in [2.45, 2.75) is 32.4 Å². The van der Waals surface area contributed by atoms with Gasteiger partial charge in [-0.1, -0.05) is 18.5 Å². The highest BCUT2D eigenvalue weighted by molar-refractivity contribution is 7.16. The first-order valence-corrected chi connectivity index (χ1v) is 7.17. The van der Waals surface area contributed by atoms with Crippen molar-refractivity contribution in [3.05, 3.63) is 21.3 Å². The molecule has 0 atom stereocenters. The summed E-state index contributed by atoms with van der Waals surface area (Å²) in [7, 11) is 0. The molecule has 1 aliphatic rings. The zero-order valence-electron chi connectivity index (χ0n) is 9.71. The van der Waals surface area contributed by atoms with Gasteiger partial charge in [-0.25, -0.2) is 0 Å². The van der Waals surface area contributed by atoms with Gasteiger partial charge in [0.05, 0.1) is 4.34 Å². The molecule has 1 aromatic rings. The minimum Gasteiger partial charge on any atom is -0.309 e. The number of halogens is 1. The Hall–Kier alpha value is -0.0900. The molecule has 2 nitrogen and oxygen atoms in total. The van der Waals surface area contributed by atoms with Crippen molar-refractivity contribution in [3.63, 3.8) is 0 Å². The Balaban J connectivity index is 1.71. The molecular formula is C12H19ClN2S. The molecule has 4 heteroatoms. The largest absolute Gasteiger partial charge is 0.309 e. The third kappa shape index (κ3) is 3.45. The van der Waals surface area contributed by atoms with Gasteiger partial charge in [-0.3, -0.25) is 0 Å². The molecule has 0 saturated carbocycles. The molecule has 0 aliphatic carbocycles. The van der Waals surface area contributed by atoms with Gasteiger partial charge in [-0.2, -0.15) is 0 Å². The Morgan fingerprint density at radius 3 is 2.75 bits per heavy atom. The van der Waals surface area contributed by atoms with Crippen molar-refractivity contribution in [2.24, 2.45) is 0 Å². The molecule has 2 heterocycles. The molecule has 0 spiro atoms. The molecule has 0 amide bonds. The third-order valence-electron chi connectivity index (χ3n) is 3.23. The number of piperidine rings is 1. The van der Waals surface area contributed by atoms with Crippen LogP contribution in [0.1, 0.15) is 24.6 Å². The lowest BCUT2D eigenvalue weighted by Gasteiger charge is -2.31. The third-order valence-corrected chi connectivity index (χ3v) is 4.46. The van der Waals surface area contributed by atoms with Crippen LogP contribution >= 0.6 is 22.9 Å². The van der Waals surface area contributed by atoms with E-state index in [1.807, 2.05) is 6.07 Å². The van der Waals surface area contributed by atoms with Crippen molar-refractivity contribution in [3.8, 4) is 0 Å². The highest BCUT2D eigenvalue weighted by atomic mass is 35.5. The number of nitrogens with zero attached hydrogens (tertiary/aromatic N) is 1. The summed E-state index contributed by atoms with van der Waals surface area (Å²) in [6.45, 7) is 6.86. The summed E-state index contributed by atoms with van der Waals surface area (Å²) in [4.78, 5) is 3.85. The van der Waals surface area contributed by atoms with Crippen molar-refractivity contribution >= 4 is 22.9 Å². The lowest BCUT2D eigenvalue weighted by Crippen LogP contribution is -2.41. The van der Waals surface area contributed by atoms with Gasteiger partial charge in [0.25, 0.3) is 0 Å². The van der Waals surface area contributed by atoms with Gasteiger partial charge >= 0.3 is 0 Å². The zero-order chi connectivity index (χ0) is 11.4. The first-order valence-electron chi connectivity index (χ1n) is 5.98. The number of hydrogen-bond donors (Lipinski definition) is 1. The summed E-state index contributed by atoms with van der Waals surface area (Å²) in [6, 6.07) is 4.77. The zero-order valence-corrected chi connectivity index (χ0v) is 11.3. The van der Waals surface area contributed by atoms with E-state index >= 15 is 0 Å². The molecule has 1 N–H and O–H groups in total. The van der Waals surface area contributed by atoms with Crippen molar-refractivity contribution in [1.82, 2.24) is 10.2 Å². The molecule has 2 rings (SSSR count). The van der Waals surface area contributed by atoms with Gasteiger partial charge < -0.3 is 10.2 Å². The molecule has 1 fully saturated rings. The van der Waals surface area contributed by atoms with Crippen LogP contribution in [0.2, 0.25) is 4.34 Å². The van der Waals surface area contributed by atoms with Gasteiger partial charge in [0.15, 0.2) is 0 Å². The van der Waals surface area contributed by atoms with E-state index in [0.29, 0.717) is 6.04 Å². The molecule has 1 aromatic heterocycles. The lowest BCUT2D eigenvalue weighted by atomic mass is 10.1. The minimum atomic E-state index is 0.684. The number of likely N-dealkylation sites (tertiary alicyclic amines) is 1. The topological polar surface area (TPSA) is 15.3 Å². The normalized spacial score (nSPS) is 19.1. The predicted octanol–water partition coefficient (Wildman–Crippen LogP) is 2.98. The molecule has 0 radical (unpaired) electrons. The van der Waals surface area contributed by atoms with E-state index in [1.165, 1.54) is 37.4 Å². The number of rotatable bonds is 4. The minimum absolute atomic E-state index is 0.684. The summed E-state index contributed by atoms with van der Waals surface area (Å²) in [5.41, 5.74) is 0. The summed E-state index contributed by atoms with van der Waals surface area (Å²) >= 11 is 7.58. The second-order valence-corrected chi connectivity index (χ2v) is 6.09. The van der Waals surface area contributed by atoms with Crippen molar-refractivity contribution < 1.29 is 0 Å². The number of thiophene rings is 1. The van der Waals surface area contributed by atoms with Crippen LogP contribution in [0.4, 0.5) is 0 Å². The Bertz CT molecular complexity index is 319.